The third-order valence-electron chi connectivity index (χ3n) is 2.46. The first kappa shape index (κ1) is 12.1. The van der Waals surface area contributed by atoms with E-state index in [9.17, 15) is 0 Å². The van der Waals surface area contributed by atoms with Gasteiger partial charge in [-0.25, -0.2) is 0 Å². The molecule has 1 aromatic rings. The quantitative estimate of drug-likeness (QED) is 0.770. The summed E-state index contributed by atoms with van der Waals surface area (Å²) in [7, 11) is 0. The van der Waals surface area contributed by atoms with E-state index in [2.05, 4.69) is 24.2 Å². The van der Waals surface area contributed by atoms with Crippen molar-refractivity contribution in [2.24, 2.45) is 0 Å². The van der Waals surface area contributed by atoms with E-state index in [0.29, 0.717) is 6.42 Å². The van der Waals surface area contributed by atoms with Crippen LogP contribution in [0.15, 0.2) is 18.2 Å². The molecule has 2 heteroatoms. The molecule has 0 spiro atoms. The van der Waals surface area contributed by atoms with Crippen molar-refractivity contribution in [2.45, 2.75) is 26.3 Å². The van der Waals surface area contributed by atoms with Gasteiger partial charge in [-0.05, 0) is 30.7 Å². The van der Waals surface area contributed by atoms with Crippen molar-refractivity contribution >= 4 is 11.6 Å². The van der Waals surface area contributed by atoms with Crippen LogP contribution in [0.5, 0.6) is 0 Å². The molecule has 1 rings (SSSR count). The highest BCUT2D eigenvalue weighted by atomic mass is 35.5. The van der Waals surface area contributed by atoms with Crippen LogP contribution in [0, 0.1) is 19.3 Å². The largest absolute Gasteiger partial charge is 0.309 e. The summed E-state index contributed by atoms with van der Waals surface area (Å²) in [5.74, 6) is 2.69. The van der Waals surface area contributed by atoms with Crippen LogP contribution in [-0.4, -0.2) is 6.54 Å². The molecule has 1 N–H and O–H groups in total. The van der Waals surface area contributed by atoms with Crippen LogP contribution in [0.3, 0.4) is 0 Å². The fourth-order valence-corrected chi connectivity index (χ4v) is 1.84. The Morgan fingerprint density at radius 2 is 2.27 bits per heavy atom. The molecule has 1 atom stereocenters. The molecule has 0 amide bonds. The van der Waals surface area contributed by atoms with Crippen molar-refractivity contribution in [2.75, 3.05) is 6.54 Å². The van der Waals surface area contributed by atoms with Crippen LogP contribution >= 0.6 is 11.6 Å². The molecule has 0 bridgehead atoms. The van der Waals surface area contributed by atoms with E-state index in [4.69, 9.17) is 18.0 Å². The van der Waals surface area contributed by atoms with Gasteiger partial charge in [0.05, 0.1) is 0 Å². The summed E-state index contributed by atoms with van der Waals surface area (Å²) in [4.78, 5) is 0. The fraction of sp³-hybridized carbons (Fsp3) is 0.385. The Labute approximate surface area is 96.8 Å². The molecule has 1 nitrogen and oxygen atoms in total. The minimum absolute atomic E-state index is 0.207. The summed E-state index contributed by atoms with van der Waals surface area (Å²) in [6.07, 6.45) is 6.05. The molecule has 0 radical (unpaired) electrons. The first-order chi connectivity index (χ1) is 7.20. The van der Waals surface area contributed by atoms with Gasteiger partial charge in [-0.2, -0.15) is 0 Å². The van der Waals surface area contributed by atoms with E-state index < -0.39 is 0 Å². The number of hydrogen-bond acceptors (Lipinski definition) is 1. The molecule has 0 aromatic heterocycles. The second-order valence-corrected chi connectivity index (χ2v) is 3.88. The van der Waals surface area contributed by atoms with Gasteiger partial charge in [-0.3, -0.25) is 0 Å². The Bertz CT molecular complexity index is 365. The van der Waals surface area contributed by atoms with E-state index >= 15 is 0 Å². The number of benzene rings is 1. The van der Waals surface area contributed by atoms with Crippen LogP contribution in [-0.2, 0) is 0 Å². The minimum atomic E-state index is 0.207. The Balaban J connectivity index is 3.00. The lowest BCUT2D eigenvalue weighted by Crippen LogP contribution is -2.21. The van der Waals surface area contributed by atoms with E-state index in [1.165, 1.54) is 5.56 Å². The number of hydrogen-bond donors (Lipinski definition) is 1. The molecule has 0 saturated heterocycles. The van der Waals surface area contributed by atoms with Crippen molar-refractivity contribution in [3.8, 4) is 12.3 Å². The third kappa shape index (κ3) is 2.99. The van der Waals surface area contributed by atoms with Crippen LogP contribution in [0.4, 0.5) is 0 Å². The molecule has 0 saturated carbocycles. The SMILES string of the molecule is C#CCC(NCC)c1cccc(Cl)c1C. The highest BCUT2D eigenvalue weighted by Crippen LogP contribution is 2.25. The van der Waals surface area contributed by atoms with Gasteiger partial charge in [-0.15, -0.1) is 12.3 Å². The molecule has 0 aliphatic carbocycles. The van der Waals surface area contributed by atoms with Crippen LogP contribution < -0.4 is 5.32 Å². The van der Waals surface area contributed by atoms with Gasteiger partial charge in [0.25, 0.3) is 0 Å². The van der Waals surface area contributed by atoms with Gasteiger partial charge in [0.1, 0.15) is 0 Å². The lowest BCUT2D eigenvalue weighted by molar-refractivity contribution is 0.563. The standard InChI is InChI=1S/C13H16ClN/c1-4-7-13(15-5-2)11-8-6-9-12(14)10(11)3/h1,6,8-9,13,15H,5,7H2,2-3H3. The van der Waals surface area contributed by atoms with Crippen LogP contribution in [0.2, 0.25) is 5.02 Å². The first-order valence-corrected chi connectivity index (χ1v) is 5.50. The highest BCUT2D eigenvalue weighted by molar-refractivity contribution is 6.31. The smallest absolute Gasteiger partial charge is 0.0438 e. The zero-order valence-corrected chi connectivity index (χ0v) is 9.93. The molecule has 1 unspecified atom stereocenters. The zero-order chi connectivity index (χ0) is 11.3. The number of terminal acetylenes is 1. The molecule has 80 valence electrons. The second-order valence-electron chi connectivity index (χ2n) is 3.47. The zero-order valence-electron chi connectivity index (χ0n) is 9.18. The molecular formula is C13H16ClN. The first-order valence-electron chi connectivity index (χ1n) is 5.12. The van der Waals surface area contributed by atoms with E-state index in [1.807, 2.05) is 19.1 Å². The maximum Gasteiger partial charge on any atom is 0.0438 e. The Hall–Kier alpha value is -0.970. The van der Waals surface area contributed by atoms with Gasteiger partial charge in [0.15, 0.2) is 0 Å². The fourth-order valence-electron chi connectivity index (χ4n) is 1.66. The molecule has 0 aliphatic heterocycles. The summed E-state index contributed by atoms with van der Waals surface area (Å²) in [5.41, 5.74) is 2.31. The Morgan fingerprint density at radius 3 is 2.87 bits per heavy atom. The number of rotatable bonds is 4. The molecule has 0 fully saturated rings. The van der Waals surface area contributed by atoms with E-state index in [1.54, 1.807) is 0 Å². The van der Waals surface area contributed by atoms with Crippen molar-refractivity contribution in [3.63, 3.8) is 0 Å². The predicted molar refractivity (Wildman–Crippen MR) is 66.1 cm³/mol. The maximum absolute atomic E-state index is 6.08. The number of halogens is 1. The van der Waals surface area contributed by atoms with Gasteiger partial charge in [0.2, 0.25) is 0 Å². The molecule has 15 heavy (non-hydrogen) atoms. The molecular weight excluding hydrogens is 206 g/mol. The normalized spacial score (nSPS) is 12.1. The lowest BCUT2D eigenvalue weighted by atomic mass is 9.99. The van der Waals surface area contributed by atoms with Crippen molar-refractivity contribution in [1.29, 1.82) is 0 Å². The van der Waals surface area contributed by atoms with E-state index in [-0.39, 0.29) is 6.04 Å². The average Bonchev–Trinajstić information content (AvgIpc) is 2.22. The van der Waals surface area contributed by atoms with Crippen molar-refractivity contribution in [1.82, 2.24) is 5.32 Å². The summed E-state index contributed by atoms with van der Waals surface area (Å²) in [6.45, 7) is 5.00. The van der Waals surface area contributed by atoms with Crippen molar-refractivity contribution in [3.05, 3.63) is 34.3 Å². The summed E-state index contributed by atoms with van der Waals surface area (Å²) < 4.78 is 0. The summed E-state index contributed by atoms with van der Waals surface area (Å²) >= 11 is 6.08. The van der Waals surface area contributed by atoms with Crippen LogP contribution in [0.1, 0.15) is 30.5 Å². The van der Waals surface area contributed by atoms with Crippen LogP contribution in [0.25, 0.3) is 0 Å². The van der Waals surface area contributed by atoms with Gasteiger partial charge < -0.3 is 5.32 Å². The monoisotopic (exact) mass is 221 g/mol. The lowest BCUT2D eigenvalue weighted by Gasteiger charge is -2.18. The predicted octanol–water partition coefficient (Wildman–Crippen LogP) is 3.32. The second kappa shape index (κ2) is 5.80. The summed E-state index contributed by atoms with van der Waals surface area (Å²) in [6, 6.07) is 6.15. The number of nitrogens with one attached hydrogen (secondary N) is 1. The molecule has 0 heterocycles. The Kier molecular flexibility index (Phi) is 4.68. The molecule has 0 aliphatic rings. The molecule has 1 aromatic carbocycles. The Morgan fingerprint density at radius 1 is 1.53 bits per heavy atom. The third-order valence-corrected chi connectivity index (χ3v) is 2.87. The topological polar surface area (TPSA) is 12.0 Å². The maximum atomic E-state index is 6.08. The summed E-state index contributed by atoms with van der Waals surface area (Å²) in [5, 5.41) is 4.17. The van der Waals surface area contributed by atoms with E-state index in [0.717, 1.165) is 17.1 Å². The van der Waals surface area contributed by atoms with Gasteiger partial charge in [0, 0.05) is 17.5 Å². The van der Waals surface area contributed by atoms with Crippen molar-refractivity contribution < 1.29 is 0 Å². The van der Waals surface area contributed by atoms with Gasteiger partial charge >= 0.3 is 0 Å². The van der Waals surface area contributed by atoms with Gasteiger partial charge in [-0.1, -0.05) is 30.7 Å². The minimum Gasteiger partial charge on any atom is -0.309 e. The highest BCUT2D eigenvalue weighted by Gasteiger charge is 2.12. The average molecular weight is 222 g/mol.